The molecular weight excluding hydrogens is 244 g/mol. The second-order valence-electron chi connectivity index (χ2n) is 5.52. The molecule has 2 heteroatoms. The van der Waals surface area contributed by atoms with E-state index in [0.717, 1.165) is 5.65 Å². The van der Waals surface area contributed by atoms with Crippen LogP contribution in [0.1, 0.15) is 19.9 Å². The number of nitrogens with zero attached hydrogens (tertiary/aromatic N) is 2. The molecule has 2 aromatic heterocycles. The zero-order chi connectivity index (χ0) is 13.7. The maximum atomic E-state index is 4.73. The molecule has 2 aromatic carbocycles. The van der Waals surface area contributed by atoms with E-state index in [-0.39, 0.29) is 0 Å². The van der Waals surface area contributed by atoms with E-state index in [9.17, 15) is 0 Å². The first-order valence-electron chi connectivity index (χ1n) is 7.04. The lowest BCUT2D eigenvalue weighted by Gasteiger charge is -2.10. The van der Waals surface area contributed by atoms with E-state index in [1.165, 1.54) is 27.1 Å². The molecule has 0 aliphatic heterocycles. The van der Waals surface area contributed by atoms with Crippen LogP contribution in [0.3, 0.4) is 0 Å². The highest BCUT2D eigenvalue weighted by molar-refractivity contribution is 6.19. The minimum Gasteiger partial charge on any atom is -0.323 e. The van der Waals surface area contributed by atoms with Crippen LogP contribution in [0.25, 0.3) is 32.7 Å². The molecule has 0 saturated carbocycles. The van der Waals surface area contributed by atoms with Crippen molar-refractivity contribution in [3.63, 3.8) is 0 Å². The van der Waals surface area contributed by atoms with Gasteiger partial charge in [0.25, 0.3) is 0 Å². The molecule has 4 rings (SSSR count). The summed E-state index contributed by atoms with van der Waals surface area (Å²) < 4.78 is 2.33. The van der Waals surface area contributed by atoms with Crippen LogP contribution < -0.4 is 0 Å². The van der Waals surface area contributed by atoms with E-state index in [2.05, 4.69) is 66.9 Å². The molecule has 20 heavy (non-hydrogen) atoms. The van der Waals surface area contributed by atoms with Crippen molar-refractivity contribution < 1.29 is 0 Å². The Hall–Kier alpha value is -2.35. The van der Waals surface area contributed by atoms with Crippen LogP contribution in [0, 0.1) is 0 Å². The first-order valence-corrected chi connectivity index (χ1v) is 7.04. The maximum absolute atomic E-state index is 4.73. The SMILES string of the molecule is CC(C)n1c2ccccc2c2c3ccccc3cnc21. The van der Waals surface area contributed by atoms with Gasteiger partial charge in [-0.3, -0.25) is 0 Å². The van der Waals surface area contributed by atoms with Crippen LogP contribution in [0.5, 0.6) is 0 Å². The van der Waals surface area contributed by atoms with Gasteiger partial charge in [-0.25, -0.2) is 4.98 Å². The van der Waals surface area contributed by atoms with Crippen molar-refractivity contribution in [1.29, 1.82) is 0 Å². The predicted molar refractivity (Wildman–Crippen MR) is 85.1 cm³/mol. The van der Waals surface area contributed by atoms with Gasteiger partial charge in [-0.15, -0.1) is 0 Å². The summed E-state index contributed by atoms with van der Waals surface area (Å²) in [5.41, 5.74) is 2.35. The summed E-state index contributed by atoms with van der Waals surface area (Å²) in [4.78, 5) is 4.73. The monoisotopic (exact) mass is 260 g/mol. The Morgan fingerprint density at radius 3 is 2.40 bits per heavy atom. The van der Waals surface area contributed by atoms with E-state index in [4.69, 9.17) is 4.98 Å². The normalized spacial score (nSPS) is 11.9. The fourth-order valence-corrected chi connectivity index (χ4v) is 3.13. The molecule has 0 saturated heterocycles. The molecule has 2 heterocycles. The van der Waals surface area contributed by atoms with Gasteiger partial charge in [0.2, 0.25) is 0 Å². The lowest BCUT2D eigenvalue weighted by atomic mass is 10.1. The van der Waals surface area contributed by atoms with Gasteiger partial charge in [-0.2, -0.15) is 0 Å². The lowest BCUT2D eigenvalue weighted by Crippen LogP contribution is -2.00. The van der Waals surface area contributed by atoms with Gasteiger partial charge < -0.3 is 4.57 Å². The third-order valence-electron chi connectivity index (χ3n) is 3.96. The largest absolute Gasteiger partial charge is 0.323 e. The van der Waals surface area contributed by atoms with Crippen molar-refractivity contribution in [1.82, 2.24) is 9.55 Å². The van der Waals surface area contributed by atoms with Crippen molar-refractivity contribution in [2.45, 2.75) is 19.9 Å². The van der Waals surface area contributed by atoms with Crippen LogP contribution in [-0.4, -0.2) is 9.55 Å². The van der Waals surface area contributed by atoms with Crippen LogP contribution >= 0.6 is 0 Å². The number of fused-ring (bicyclic) bond motifs is 5. The average Bonchev–Trinajstić information content (AvgIpc) is 2.82. The molecule has 0 fully saturated rings. The summed E-state index contributed by atoms with van der Waals surface area (Å²) in [5, 5.41) is 5.05. The second kappa shape index (κ2) is 4.07. The number of para-hydroxylation sites is 1. The van der Waals surface area contributed by atoms with Crippen LogP contribution in [0.2, 0.25) is 0 Å². The molecule has 98 valence electrons. The molecular formula is C18H16N2. The Bertz CT molecular complexity index is 932. The van der Waals surface area contributed by atoms with Gasteiger partial charge in [0.1, 0.15) is 5.65 Å². The zero-order valence-electron chi connectivity index (χ0n) is 11.7. The van der Waals surface area contributed by atoms with Crippen LogP contribution in [0.4, 0.5) is 0 Å². The van der Waals surface area contributed by atoms with Crippen LogP contribution in [-0.2, 0) is 0 Å². The lowest BCUT2D eigenvalue weighted by molar-refractivity contribution is 0.637. The number of aromatic nitrogens is 2. The summed E-state index contributed by atoms with van der Waals surface area (Å²) in [7, 11) is 0. The van der Waals surface area contributed by atoms with Gasteiger partial charge in [0.05, 0.1) is 5.52 Å². The number of hydrogen-bond donors (Lipinski definition) is 0. The molecule has 0 unspecified atom stereocenters. The summed E-state index contributed by atoms with van der Waals surface area (Å²) in [6.07, 6.45) is 1.98. The quantitative estimate of drug-likeness (QED) is 0.475. The van der Waals surface area contributed by atoms with Gasteiger partial charge in [-0.05, 0) is 25.3 Å². The standard InChI is InChI=1S/C18H16N2/c1-12(2)20-16-10-6-5-9-15(16)17-14-8-4-3-7-13(14)11-19-18(17)20/h3-12H,1-2H3. The smallest absolute Gasteiger partial charge is 0.141 e. The molecule has 0 N–H and O–H groups in total. The first kappa shape index (κ1) is 11.5. The van der Waals surface area contributed by atoms with Gasteiger partial charge in [0, 0.05) is 28.4 Å². The topological polar surface area (TPSA) is 17.8 Å². The zero-order valence-corrected chi connectivity index (χ0v) is 11.7. The van der Waals surface area contributed by atoms with Crippen molar-refractivity contribution in [3.05, 3.63) is 54.7 Å². The van der Waals surface area contributed by atoms with Gasteiger partial charge in [0.15, 0.2) is 0 Å². The van der Waals surface area contributed by atoms with Crippen molar-refractivity contribution in [2.75, 3.05) is 0 Å². The summed E-state index contributed by atoms with van der Waals surface area (Å²) in [5.74, 6) is 0. The Morgan fingerprint density at radius 1 is 0.900 bits per heavy atom. The van der Waals surface area contributed by atoms with E-state index in [0.29, 0.717) is 6.04 Å². The van der Waals surface area contributed by atoms with E-state index in [1.807, 2.05) is 6.20 Å². The summed E-state index contributed by atoms with van der Waals surface area (Å²) in [6.45, 7) is 4.42. The Kier molecular flexibility index (Phi) is 2.34. The Labute approximate surface area is 117 Å². The van der Waals surface area contributed by atoms with Crippen LogP contribution in [0.15, 0.2) is 54.7 Å². The maximum Gasteiger partial charge on any atom is 0.141 e. The molecule has 0 spiro atoms. The van der Waals surface area contributed by atoms with Gasteiger partial charge in [-0.1, -0.05) is 42.5 Å². The first-order chi connectivity index (χ1) is 9.77. The fourth-order valence-electron chi connectivity index (χ4n) is 3.13. The number of rotatable bonds is 1. The number of benzene rings is 2. The third-order valence-corrected chi connectivity index (χ3v) is 3.96. The summed E-state index contributed by atoms with van der Waals surface area (Å²) in [6, 6.07) is 17.5. The molecule has 0 aliphatic rings. The highest BCUT2D eigenvalue weighted by atomic mass is 15.1. The fraction of sp³-hybridized carbons (Fsp3) is 0.167. The Morgan fingerprint density at radius 2 is 1.60 bits per heavy atom. The molecule has 0 atom stereocenters. The minimum absolute atomic E-state index is 0.395. The molecule has 0 radical (unpaired) electrons. The van der Waals surface area contributed by atoms with Crippen molar-refractivity contribution >= 4 is 32.7 Å². The van der Waals surface area contributed by atoms with E-state index >= 15 is 0 Å². The minimum atomic E-state index is 0.395. The number of hydrogen-bond acceptors (Lipinski definition) is 1. The highest BCUT2D eigenvalue weighted by Crippen LogP contribution is 2.34. The van der Waals surface area contributed by atoms with Gasteiger partial charge >= 0.3 is 0 Å². The van der Waals surface area contributed by atoms with E-state index in [1.54, 1.807) is 0 Å². The third kappa shape index (κ3) is 1.42. The van der Waals surface area contributed by atoms with E-state index < -0.39 is 0 Å². The average molecular weight is 260 g/mol. The summed E-state index contributed by atoms with van der Waals surface area (Å²) >= 11 is 0. The highest BCUT2D eigenvalue weighted by Gasteiger charge is 2.15. The molecule has 0 aliphatic carbocycles. The molecule has 0 bridgehead atoms. The Balaban J connectivity index is 2.35. The second-order valence-corrected chi connectivity index (χ2v) is 5.52. The molecule has 2 nitrogen and oxygen atoms in total. The van der Waals surface area contributed by atoms with Crippen molar-refractivity contribution in [3.8, 4) is 0 Å². The molecule has 4 aromatic rings. The molecule has 0 amide bonds. The number of pyridine rings is 1. The predicted octanol–water partition coefficient (Wildman–Crippen LogP) is 4.92. The van der Waals surface area contributed by atoms with Crippen molar-refractivity contribution in [2.24, 2.45) is 0 Å².